The molecule has 3 aliphatic rings. The van der Waals surface area contributed by atoms with Gasteiger partial charge in [-0.1, -0.05) is 51.9 Å². The third-order valence-corrected chi connectivity index (χ3v) is 8.25. The lowest BCUT2D eigenvalue weighted by atomic mass is 10.1. The molecule has 0 unspecified atom stereocenters. The zero-order valence-corrected chi connectivity index (χ0v) is 25.5. The van der Waals surface area contributed by atoms with Gasteiger partial charge in [-0.25, -0.2) is 0 Å². The van der Waals surface area contributed by atoms with Crippen molar-refractivity contribution in [3.63, 3.8) is 0 Å². The molecular formula is C32H54N2O6. The summed E-state index contributed by atoms with van der Waals surface area (Å²) in [5.41, 5.74) is 1.26. The first-order valence-electron chi connectivity index (χ1n) is 15.8. The molecule has 0 aliphatic carbocycles. The number of unbranched alkanes of at least 4 members (excludes halogenated alkanes) is 7. The normalized spacial score (nSPS) is 26.4. The van der Waals surface area contributed by atoms with E-state index in [1.54, 1.807) is 7.11 Å². The molecule has 1 aromatic carbocycles. The minimum absolute atomic E-state index is 0.151. The van der Waals surface area contributed by atoms with E-state index in [2.05, 4.69) is 28.9 Å². The summed E-state index contributed by atoms with van der Waals surface area (Å²) in [7, 11) is 1.71. The Balaban J connectivity index is 1.10. The standard InChI is InChI=1S/C32H54N2O6/c1-5-6-7-8-9-10-11-12-24-37-29-28(38-31-30(29)39-32(2,3)40-31)25-36-23-13-18-33-19-21-34(22-20-33)26-14-16-27(35-4)17-15-26/h14-17,28-31H,5-13,18-25H2,1-4H3/t28-,29-,30-,31-/m1/s1. The minimum atomic E-state index is -0.640. The highest BCUT2D eigenvalue weighted by Crippen LogP contribution is 2.39. The SMILES string of the molecule is CCCCCCCCCCO[C@H]1[C@H]2OC(C)(C)O[C@H]2O[C@@H]1COCCCN1CCN(c2ccc(OC)cc2)CC1. The Morgan fingerprint density at radius 1 is 0.850 bits per heavy atom. The Morgan fingerprint density at radius 2 is 1.55 bits per heavy atom. The number of rotatable bonds is 18. The summed E-state index contributed by atoms with van der Waals surface area (Å²) in [6, 6.07) is 8.35. The molecular weight excluding hydrogens is 508 g/mol. The average molecular weight is 563 g/mol. The van der Waals surface area contributed by atoms with E-state index in [9.17, 15) is 0 Å². The number of anilines is 1. The first-order valence-corrected chi connectivity index (χ1v) is 15.8. The van der Waals surface area contributed by atoms with E-state index in [-0.39, 0.29) is 24.6 Å². The molecule has 3 fully saturated rings. The summed E-state index contributed by atoms with van der Waals surface area (Å²) in [6.07, 6.45) is 10.4. The van der Waals surface area contributed by atoms with Crippen molar-refractivity contribution in [2.24, 2.45) is 0 Å². The van der Waals surface area contributed by atoms with Crippen molar-refractivity contribution in [3.05, 3.63) is 24.3 Å². The van der Waals surface area contributed by atoms with Crippen molar-refractivity contribution in [1.82, 2.24) is 4.90 Å². The Morgan fingerprint density at radius 3 is 2.25 bits per heavy atom. The van der Waals surface area contributed by atoms with Crippen LogP contribution in [0.1, 0.15) is 78.6 Å². The summed E-state index contributed by atoms with van der Waals surface area (Å²) < 4.78 is 36.1. The highest BCUT2D eigenvalue weighted by Gasteiger charge is 2.55. The molecule has 0 saturated carbocycles. The molecule has 8 nitrogen and oxygen atoms in total. The van der Waals surface area contributed by atoms with Crippen LogP contribution in [0.4, 0.5) is 5.69 Å². The van der Waals surface area contributed by atoms with E-state index in [0.717, 1.165) is 57.9 Å². The lowest BCUT2D eigenvalue weighted by Gasteiger charge is -2.36. The van der Waals surface area contributed by atoms with E-state index >= 15 is 0 Å². The van der Waals surface area contributed by atoms with Crippen LogP contribution in [-0.4, -0.2) is 94.9 Å². The van der Waals surface area contributed by atoms with Gasteiger partial charge in [0.2, 0.25) is 0 Å². The molecule has 0 amide bonds. The number of methoxy groups -OCH3 is 1. The van der Waals surface area contributed by atoms with Crippen LogP contribution in [0.25, 0.3) is 0 Å². The fraction of sp³-hybridized carbons (Fsp3) is 0.812. The summed E-state index contributed by atoms with van der Waals surface area (Å²) in [5.74, 6) is 0.262. The van der Waals surface area contributed by atoms with Crippen LogP contribution < -0.4 is 9.64 Å². The molecule has 3 saturated heterocycles. The maximum Gasteiger partial charge on any atom is 0.190 e. The van der Waals surface area contributed by atoms with E-state index in [4.69, 9.17) is 28.4 Å². The smallest absolute Gasteiger partial charge is 0.190 e. The zero-order chi connectivity index (χ0) is 28.2. The van der Waals surface area contributed by atoms with Crippen LogP contribution in [0.15, 0.2) is 24.3 Å². The van der Waals surface area contributed by atoms with Crippen LogP contribution in [-0.2, 0) is 23.7 Å². The molecule has 3 heterocycles. The van der Waals surface area contributed by atoms with Gasteiger partial charge in [-0.2, -0.15) is 0 Å². The van der Waals surface area contributed by atoms with Crippen molar-refractivity contribution in [1.29, 1.82) is 0 Å². The van der Waals surface area contributed by atoms with Gasteiger partial charge in [0.15, 0.2) is 12.1 Å². The van der Waals surface area contributed by atoms with Crippen LogP contribution >= 0.6 is 0 Å². The number of hydrogen-bond acceptors (Lipinski definition) is 8. The molecule has 0 aromatic heterocycles. The van der Waals surface area contributed by atoms with Crippen LogP contribution in [0, 0.1) is 0 Å². The number of benzene rings is 1. The minimum Gasteiger partial charge on any atom is -0.497 e. The zero-order valence-electron chi connectivity index (χ0n) is 25.5. The first-order chi connectivity index (χ1) is 19.5. The molecule has 0 N–H and O–H groups in total. The van der Waals surface area contributed by atoms with E-state index in [1.807, 2.05) is 26.0 Å². The van der Waals surface area contributed by atoms with Crippen molar-refractivity contribution >= 4 is 5.69 Å². The summed E-state index contributed by atoms with van der Waals surface area (Å²) >= 11 is 0. The number of fused-ring (bicyclic) bond motifs is 1. The van der Waals surface area contributed by atoms with E-state index in [0.29, 0.717) is 13.2 Å². The Kier molecular flexibility index (Phi) is 12.8. The second-order valence-electron chi connectivity index (χ2n) is 11.9. The van der Waals surface area contributed by atoms with Gasteiger partial charge < -0.3 is 33.3 Å². The van der Waals surface area contributed by atoms with Gasteiger partial charge in [-0.15, -0.1) is 0 Å². The number of hydrogen-bond donors (Lipinski definition) is 0. The van der Waals surface area contributed by atoms with Gasteiger partial charge in [-0.05, 0) is 51.0 Å². The topological polar surface area (TPSA) is 61.9 Å². The van der Waals surface area contributed by atoms with E-state index < -0.39 is 5.79 Å². The average Bonchev–Trinajstić information content (AvgIpc) is 3.43. The maximum absolute atomic E-state index is 6.35. The summed E-state index contributed by atoms with van der Waals surface area (Å²) in [4.78, 5) is 4.97. The molecule has 3 aliphatic heterocycles. The van der Waals surface area contributed by atoms with Gasteiger partial charge in [0.1, 0.15) is 24.1 Å². The predicted molar refractivity (Wildman–Crippen MR) is 158 cm³/mol. The molecule has 0 spiro atoms. The number of ether oxygens (including phenoxy) is 6. The highest BCUT2D eigenvalue weighted by molar-refractivity contribution is 5.49. The van der Waals surface area contributed by atoms with Crippen LogP contribution in [0.5, 0.6) is 5.75 Å². The second-order valence-corrected chi connectivity index (χ2v) is 11.9. The number of nitrogens with zero attached hydrogens (tertiary/aromatic N) is 2. The Labute approximate surface area is 242 Å². The predicted octanol–water partition coefficient (Wildman–Crippen LogP) is 5.63. The molecule has 8 heteroatoms. The van der Waals surface area contributed by atoms with Crippen molar-refractivity contribution in [2.45, 2.75) is 109 Å². The fourth-order valence-corrected chi connectivity index (χ4v) is 5.95. The largest absolute Gasteiger partial charge is 0.497 e. The highest BCUT2D eigenvalue weighted by atomic mass is 16.8. The van der Waals surface area contributed by atoms with E-state index in [1.165, 1.54) is 50.6 Å². The van der Waals surface area contributed by atoms with Crippen molar-refractivity contribution < 1.29 is 28.4 Å². The molecule has 228 valence electrons. The Hall–Kier alpha value is -1.42. The third kappa shape index (κ3) is 9.57. The van der Waals surface area contributed by atoms with Crippen LogP contribution in [0.3, 0.4) is 0 Å². The van der Waals surface area contributed by atoms with Crippen LogP contribution in [0.2, 0.25) is 0 Å². The molecule has 4 atom stereocenters. The van der Waals surface area contributed by atoms with Gasteiger partial charge in [0.05, 0.1) is 13.7 Å². The second kappa shape index (κ2) is 16.3. The lowest BCUT2D eigenvalue weighted by molar-refractivity contribution is -0.223. The van der Waals surface area contributed by atoms with Crippen molar-refractivity contribution in [2.75, 3.05) is 64.6 Å². The Bertz CT molecular complexity index is 829. The van der Waals surface area contributed by atoms with Gasteiger partial charge in [0.25, 0.3) is 0 Å². The van der Waals surface area contributed by atoms with Gasteiger partial charge >= 0.3 is 0 Å². The fourth-order valence-electron chi connectivity index (χ4n) is 5.95. The van der Waals surface area contributed by atoms with Gasteiger partial charge in [-0.3, -0.25) is 4.90 Å². The maximum atomic E-state index is 6.35. The number of piperazine rings is 1. The quantitative estimate of drug-likeness (QED) is 0.214. The molecule has 1 aromatic rings. The molecule has 0 bridgehead atoms. The monoisotopic (exact) mass is 562 g/mol. The summed E-state index contributed by atoms with van der Waals surface area (Å²) in [5, 5.41) is 0. The molecule has 40 heavy (non-hydrogen) atoms. The molecule has 0 radical (unpaired) electrons. The van der Waals surface area contributed by atoms with Gasteiger partial charge in [0, 0.05) is 51.6 Å². The van der Waals surface area contributed by atoms with Crippen molar-refractivity contribution in [3.8, 4) is 5.75 Å². The first kappa shape index (κ1) is 31.5. The third-order valence-electron chi connectivity index (χ3n) is 8.25. The lowest BCUT2D eigenvalue weighted by Crippen LogP contribution is -2.46. The summed E-state index contributed by atoms with van der Waals surface area (Å²) in [6.45, 7) is 13.4. The molecule has 4 rings (SSSR count).